The first-order valence-corrected chi connectivity index (χ1v) is 10.4. The Morgan fingerprint density at radius 3 is 2.63 bits per heavy atom. The van der Waals surface area contributed by atoms with Crippen LogP contribution in [0.5, 0.6) is 0 Å². The number of rotatable bonds is 4. The second-order valence-corrected chi connectivity index (χ2v) is 8.18. The van der Waals surface area contributed by atoms with Gasteiger partial charge in [0.2, 0.25) is 0 Å². The molecule has 0 atom stereocenters. The van der Waals surface area contributed by atoms with Gasteiger partial charge in [0.15, 0.2) is 4.77 Å². The molecule has 0 radical (unpaired) electrons. The number of thiophene rings is 1. The van der Waals surface area contributed by atoms with Gasteiger partial charge < -0.3 is 9.47 Å². The van der Waals surface area contributed by atoms with E-state index in [4.69, 9.17) is 23.8 Å². The molecule has 1 saturated heterocycles. The van der Waals surface area contributed by atoms with Crippen molar-refractivity contribution in [2.75, 3.05) is 26.2 Å². The molecule has 0 bridgehead atoms. The summed E-state index contributed by atoms with van der Waals surface area (Å²) >= 11 is 13.2. The maximum atomic E-state index is 12.4. The number of piperazine rings is 1. The third-order valence-electron chi connectivity index (χ3n) is 4.68. The smallest absolute Gasteiger partial charge is 0.264 e. The van der Waals surface area contributed by atoms with Crippen LogP contribution in [0.4, 0.5) is 0 Å². The molecule has 3 heterocycles. The van der Waals surface area contributed by atoms with Crippen LogP contribution in [0.3, 0.4) is 0 Å². The van der Waals surface area contributed by atoms with Crippen LogP contribution in [-0.2, 0) is 6.67 Å². The van der Waals surface area contributed by atoms with Crippen molar-refractivity contribution in [1.82, 2.24) is 18.9 Å². The van der Waals surface area contributed by atoms with Gasteiger partial charge in [0, 0.05) is 49.3 Å². The Labute approximate surface area is 172 Å². The van der Waals surface area contributed by atoms with Crippen molar-refractivity contribution < 1.29 is 4.79 Å². The van der Waals surface area contributed by atoms with Gasteiger partial charge in [-0.15, -0.1) is 11.3 Å². The van der Waals surface area contributed by atoms with Crippen molar-refractivity contribution in [2.45, 2.75) is 6.67 Å². The third-order valence-corrected chi connectivity index (χ3v) is 6.20. The molecule has 4 rings (SSSR count). The summed E-state index contributed by atoms with van der Waals surface area (Å²) in [6, 6.07) is 11.5. The number of halogens is 1. The van der Waals surface area contributed by atoms with Crippen molar-refractivity contribution in [3.8, 4) is 5.69 Å². The van der Waals surface area contributed by atoms with Crippen molar-refractivity contribution in [3.63, 3.8) is 0 Å². The minimum absolute atomic E-state index is 0.133. The number of aromatic nitrogens is 2. The van der Waals surface area contributed by atoms with Gasteiger partial charge in [-0.05, 0) is 41.9 Å². The lowest BCUT2D eigenvalue weighted by Crippen LogP contribution is -2.48. The van der Waals surface area contributed by atoms with Gasteiger partial charge in [-0.1, -0.05) is 23.7 Å². The van der Waals surface area contributed by atoms with Crippen LogP contribution in [-0.4, -0.2) is 51.0 Å². The van der Waals surface area contributed by atoms with Gasteiger partial charge in [0.05, 0.1) is 11.5 Å². The van der Waals surface area contributed by atoms with E-state index in [0.29, 0.717) is 11.7 Å². The fourth-order valence-electron chi connectivity index (χ4n) is 3.21. The van der Waals surface area contributed by atoms with Crippen LogP contribution >= 0.6 is 35.2 Å². The van der Waals surface area contributed by atoms with Crippen molar-refractivity contribution >= 4 is 41.1 Å². The van der Waals surface area contributed by atoms with E-state index in [2.05, 4.69) is 4.90 Å². The fraction of sp³-hybridized carbons (Fsp3) is 0.263. The van der Waals surface area contributed by atoms with Crippen LogP contribution in [0.25, 0.3) is 5.69 Å². The Kier molecular flexibility index (Phi) is 5.45. The Morgan fingerprint density at radius 1 is 1.11 bits per heavy atom. The molecule has 1 aliphatic heterocycles. The summed E-state index contributed by atoms with van der Waals surface area (Å²) in [7, 11) is 0. The number of carbonyl (C=O) groups excluding carboxylic acids is 1. The molecule has 140 valence electrons. The van der Waals surface area contributed by atoms with Gasteiger partial charge in [-0.25, -0.2) is 0 Å². The van der Waals surface area contributed by atoms with E-state index in [1.54, 1.807) is 0 Å². The standard InChI is InChI=1S/C19H19ClN4OS2/c20-15-3-1-4-16(13-15)24-11-10-23(19(24)26)14-21-6-8-22(9-7-21)18(25)17-5-2-12-27-17/h1-5,10-13H,6-9,14H2. The van der Waals surface area contributed by atoms with E-state index in [1.165, 1.54) is 11.3 Å². The first kappa shape index (κ1) is 18.4. The van der Waals surface area contributed by atoms with Gasteiger partial charge in [-0.3, -0.25) is 14.3 Å². The number of hydrogen-bond donors (Lipinski definition) is 0. The zero-order valence-corrected chi connectivity index (χ0v) is 17.0. The highest BCUT2D eigenvalue weighted by molar-refractivity contribution is 7.71. The average Bonchev–Trinajstić information content (AvgIpc) is 3.33. The lowest BCUT2D eigenvalue weighted by molar-refractivity contribution is 0.0598. The monoisotopic (exact) mass is 418 g/mol. The zero-order valence-electron chi connectivity index (χ0n) is 14.6. The second kappa shape index (κ2) is 7.98. The van der Waals surface area contributed by atoms with Crippen LogP contribution in [0.2, 0.25) is 5.02 Å². The largest absolute Gasteiger partial charge is 0.335 e. The molecular weight excluding hydrogens is 400 g/mol. The van der Waals surface area contributed by atoms with E-state index in [1.807, 2.05) is 68.2 Å². The van der Waals surface area contributed by atoms with Gasteiger partial charge in [-0.2, -0.15) is 0 Å². The molecule has 1 aromatic carbocycles. The Hall–Kier alpha value is -1.93. The third kappa shape index (κ3) is 4.01. The molecule has 3 aromatic rings. The van der Waals surface area contributed by atoms with E-state index >= 15 is 0 Å². The Balaban J connectivity index is 1.40. The topological polar surface area (TPSA) is 33.4 Å². The van der Waals surface area contributed by atoms with Crippen LogP contribution < -0.4 is 0 Å². The van der Waals surface area contributed by atoms with Gasteiger partial charge in [0.1, 0.15) is 0 Å². The molecule has 0 aliphatic carbocycles. The maximum Gasteiger partial charge on any atom is 0.264 e. The number of benzene rings is 1. The van der Waals surface area contributed by atoms with Gasteiger partial charge in [0.25, 0.3) is 5.91 Å². The summed E-state index contributed by atoms with van der Waals surface area (Å²) in [5.74, 6) is 0.133. The number of hydrogen-bond acceptors (Lipinski definition) is 4. The molecule has 1 amide bonds. The van der Waals surface area contributed by atoms with Crippen LogP contribution in [0.1, 0.15) is 9.67 Å². The molecule has 2 aromatic heterocycles. The van der Waals surface area contributed by atoms with Crippen molar-refractivity contribution in [3.05, 3.63) is 68.8 Å². The number of amides is 1. The number of carbonyl (C=O) groups is 1. The lowest BCUT2D eigenvalue weighted by Gasteiger charge is -2.34. The molecular formula is C19H19ClN4OS2. The molecule has 8 heteroatoms. The average molecular weight is 419 g/mol. The highest BCUT2D eigenvalue weighted by Gasteiger charge is 2.22. The minimum Gasteiger partial charge on any atom is -0.335 e. The first-order chi connectivity index (χ1) is 13.1. The van der Waals surface area contributed by atoms with E-state index in [9.17, 15) is 4.79 Å². The lowest BCUT2D eigenvalue weighted by atomic mass is 10.3. The quantitative estimate of drug-likeness (QED) is 0.597. The first-order valence-electron chi connectivity index (χ1n) is 8.71. The van der Waals surface area contributed by atoms with E-state index in [0.717, 1.165) is 41.5 Å². The van der Waals surface area contributed by atoms with E-state index < -0.39 is 0 Å². The molecule has 0 unspecified atom stereocenters. The summed E-state index contributed by atoms with van der Waals surface area (Å²) in [5.41, 5.74) is 0.956. The normalized spacial score (nSPS) is 15.2. The summed E-state index contributed by atoms with van der Waals surface area (Å²) in [4.78, 5) is 17.5. The molecule has 0 spiro atoms. The predicted molar refractivity (Wildman–Crippen MR) is 111 cm³/mol. The molecule has 1 fully saturated rings. The minimum atomic E-state index is 0.133. The Bertz CT molecular complexity index is 987. The molecule has 0 saturated carbocycles. The molecule has 1 aliphatic rings. The summed E-state index contributed by atoms with van der Waals surface area (Å²) < 4.78 is 4.74. The van der Waals surface area contributed by atoms with Gasteiger partial charge >= 0.3 is 0 Å². The van der Waals surface area contributed by atoms with Crippen molar-refractivity contribution in [1.29, 1.82) is 0 Å². The zero-order chi connectivity index (χ0) is 18.8. The highest BCUT2D eigenvalue weighted by atomic mass is 35.5. The summed E-state index contributed by atoms with van der Waals surface area (Å²) in [6.07, 6.45) is 3.96. The number of nitrogens with zero attached hydrogens (tertiary/aromatic N) is 4. The van der Waals surface area contributed by atoms with E-state index in [-0.39, 0.29) is 5.91 Å². The van der Waals surface area contributed by atoms with Crippen molar-refractivity contribution in [2.24, 2.45) is 0 Å². The van der Waals surface area contributed by atoms with Crippen LogP contribution in [0, 0.1) is 4.77 Å². The summed E-state index contributed by atoms with van der Waals surface area (Å²) in [6.45, 7) is 3.86. The van der Waals surface area contributed by atoms with Crippen LogP contribution in [0.15, 0.2) is 54.2 Å². The SMILES string of the molecule is O=C(c1cccs1)N1CCN(Cn2ccn(-c3cccc(Cl)c3)c2=S)CC1. The second-order valence-electron chi connectivity index (χ2n) is 6.43. The maximum absolute atomic E-state index is 12.4. The highest BCUT2D eigenvalue weighted by Crippen LogP contribution is 2.17. The molecule has 27 heavy (non-hydrogen) atoms. The predicted octanol–water partition coefficient (Wildman–Crippen LogP) is 4.14. The Morgan fingerprint density at radius 2 is 1.93 bits per heavy atom. The number of imidazole rings is 1. The molecule has 0 N–H and O–H groups in total. The fourth-order valence-corrected chi connectivity index (χ4v) is 4.37. The molecule has 5 nitrogen and oxygen atoms in total. The summed E-state index contributed by atoms with van der Waals surface area (Å²) in [5, 5.41) is 2.63.